The first-order valence-corrected chi connectivity index (χ1v) is 8.74. The van der Waals surface area contributed by atoms with Crippen LogP contribution >= 0.6 is 0 Å². The number of carbonyl (C=O) groups excluding carboxylic acids is 2. The Morgan fingerprint density at radius 3 is 2.15 bits per heavy atom. The second-order valence-electron chi connectivity index (χ2n) is 6.50. The van der Waals surface area contributed by atoms with Gasteiger partial charge < -0.3 is 9.80 Å². The molecule has 0 aromatic heterocycles. The van der Waals surface area contributed by atoms with Gasteiger partial charge in [0.1, 0.15) is 11.6 Å². The lowest BCUT2D eigenvalue weighted by molar-refractivity contribution is -0.131. The van der Waals surface area contributed by atoms with Crippen LogP contribution in [0.2, 0.25) is 0 Å². The Labute approximate surface area is 156 Å². The molecule has 1 aliphatic heterocycles. The maximum absolute atomic E-state index is 13.4. The lowest BCUT2D eigenvalue weighted by atomic mass is 10.1. The Balaban J connectivity index is 1.55. The highest BCUT2D eigenvalue weighted by atomic mass is 19.1. The van der Waals surface area contributed by atoms with Crippen molar-refractivity contribution in [3.8, 4) is 0 Å². The fourth-order valence-corrected chi connectivity index (χ4v) is 3.09. The van der Waals surface area contributed by atoms with Gasteiger partial charge in [0, 0.05) is 38.9 Å². The van der Waals surface area contributed by atoms with Gasteiger partial charge in [-0.1, -0.05) is 18.2 Å². The zero-order valence-corrected chi connectivity index (χ0v) is 15.1. The molecule has 27 heavy (non-hydrogen) atoms. The number of anilines is 1. The molecule has 0 atom stereocenters. The molecule has 3 rings (SSSR count). The van der Waals surface area contributed by atoms with Gasteiger partial charge in [-0.3, -0.25) is 9.69 Å². The molecule has 1 aliphatic rings. The Hall–Kier alpha value is -2.96. The quantitative estimate of drug-likeness (QED) is 0.830. The molecule has 0 bridgehead atoms. The summed E-state index contributed by atoms with van der Waals surface area (Å²) in [6, 6.07) is 11.6. The molecule has 2 aromatic rings. The van der Waals surface area contributed by atoms with E-state index in [1.54, 1.807) is 41.1 Å². The van der Waals surface area contributed by atoms with Crippen LogP contribution in [-0.4, -0.2) is 55.0 Å². The van der Waals surface area contributed by atoms with Crippen molar-refractivity contribution in [2.45, 2.75) is 6.42 Å². The number of hydrogen-bond acceptors (Lipinski definition) is 2. The molecule has 0 spiro atoms. The van der Waals surface area contributed by atoms with Crippen molar-refractivity contribution in [3.63, 3.8) is 0 Å². The summed E-state index contributed by atoms with van der Waals surface area (Å²) in [6.45, 7) is 1.62. The van der Waals surface area contributed by atoms with Crippen LogP contribution in [0.3, 0.4) is 0 Å². The summed E-state index contributed by atoms with van der Waals surface area (Å²) in [4.78, 5) is 29.7. The smallest absolute Gasteiger partial charge is 0.324 e. The number of hydrogen-bond donors (Lipinski definition) is 0. The first-order chi connectivity index (χ1) is 12.9. The molecule has 0 radical (unpaired) electrons. The lowest BCUT2D eigenvalue weighted by Gasteiger charge is -2.36. The second-order valence-corrected chi connectivity index (χ2v) is 6.50. The van der Waals surface area contributed by atoms with Crippen LogP contribution in [0.5, 0.6) is 0 Å². The van der Waals surface area contributed by atoms with Gasteiger partial charge in [-0.2, -0.15) is 0 Å². The number of urea groups is 1. The minimum Gasteiger partial charge on any atom is -0.339 e. The second kappa shape index (κ2) is 8.16. The van der Waals surface area contributed by atoms with E-state index in [9.17, 15) is 18.4 Å². The Morgan fingerprint density at radius 1 is 0.926 bits per heavy atom. The van der Waals surface area contributed by atoms with Crippen molar-refractivity contribution in [3.05, 3.63) is 65.7 Å². The molecule has 7 heteroatoms. The van der Waals surface area contributed by atoms with Crippen molar-refractivity contribution in [2.24, 2.45) is 0 Å². The minimum atomic E-state index is -0.403. The predicted octanol–water partition coefficient (Wildman–Crippen LogP) is 2.91. The highest BCUT2D eigenvalue weighted by Crippen LogP contribution is 2.17. The van der Waals surface area contributed by atoms with Crippen LogP contribution in [0.1, 0.15) is 5.56 Å². The maximum Gasteiger partial charge on any atom is 0.324 e. The molecule has 2 aromatic carbocycles. The SMILES string of the molecule is CN(C(=O)N1CCN(C(=O)Cc2cccc(F)c2)CC1)c1cccc(F)c1. The number of amides is 3. The summed E-state index contributed by atoms with van der Waals surface area (Å²) in [7, 11) is 1.60. The van der Waals surface area contributed by atoms with Crippen LogP contribution in [0, 0.1) is 11.6 Å². The minimum absolute atomic E-state index is 0.0915. The summed E-state index contributed by atoms with van der Waals surface area (Å²) in [5, 5.41) is 0. The molecule has 3 amide bonds. The summed E-state index contributed by atoms with van der Waals surface area (Å²) >= 11 is 0. The summed E-state index contributed by atoms with van der Waals surface area (Å²) in [5.74, 6) is -0.859. The van der Waals surface area contributed by atoms with Crippen LogP contribution < -0.4 is 4.90 Å². The van der Waals surface area contributed by atoms with E-state index in [-0.39, 0.29) is 24.2 Å². The Bertz CT molecular complexity index is 835. The fourth-order valence-electron chi connectivity index (χ4n) is 3.09. The molecular weight excluding hydrogens is 352 g/mol. The van der Waals surface area contributed by atoms with Crippen molar-refractivity contribution in [1.82, 2.24) is 9.80 Å². The molecule has 5 nitrogen and oxygen atoms in total. The molecular formula is C20H21F2N3O2. The van der Waals surface area contributed by atoms with Crippen molar-refractivity contribution in [1.29, 1.82) is 0 Å². The maximum atomic E-state index is 13.4. The molecule has 1 saturated heterocycles. The van der Waals surface area contributed by atoms with Gasteiger partial charge >= 0.3 is 6.03 Å². The van der Waals surface area contributed by atoms with Gasteiger partial charge in [0.25, 0.3) is 0 Å². The summed E-state index contributed by atoms with van der Waals surface area (Å²) in [5.41, 5.74) is 1.11. The third-order valence-corrected chi connectivity index (χ3v) is 4.63. The number of halogens is 2. The average molecular weight is 373 g/mol. The molecule has 0 aliphatic carbocycles. The van der Waals surface area contributed by atoms with Gasteiger partial charge in [-0.15, -0.1) is 0 Å². The normalized spacial score (nSPS) is 14.2. The van der Waals surface area contributed by atoms with Crippen molar-refractivity contribution < 1.29 is 18.4 Å². The number of nitrogens with zero attached hydrogens (tertiary/aromatic N) is 3. The van der Waals surface area contributed by atoms with E-state index in [1.165, 1.54) is 29.2 Å². The predicted molar refractivity (Wildman–Crippen MR) is 98.5 cm³/mol. The molecule has 0 N–H and O–H groups in total. The van der Waals surface area contributed by atoms with Gasteiger partial charge in [0.2, 0.25) is 5.91 Å². The monoisotopic (exact) mass is 373 g/mol. The topological polar surface area (TPSA) is 43.9 Å². The molecule has 142 valence electrons. The first-order valence-electron chi connectivity index (χ1n) is 8.74. The Morgan fingerprint density at radius 2 is 1.52 bits per heavy atom. The van der Waals surface area contributed by atoms with Crippen molar-refractivity contribution in [2.75, 3.05) is 38.1 Å². The fraction of sp³-hybridized carbons (Fsp3) is 0.300. The highest BCUT2D eigenvalue weighted by molar-refractivity contribution is 5.91. The van der Waals surface area contributed by atoms with E-state index < -0.39 is 5.82 Å². The van der Waals surface area contributed by atoms with E-state index in [4.69, 9.17) is 0 Å². The number of piperazine rings is 1. The van der Waals surface area contributed by atoms with E-state index >= 15 is 0 Å². The van der Waals surface area contributed by atoms with Gasteiger partial charge in [0.15, 0.2) is 0 Å². The van der Waals surface area contributed by atoms with E-state index in [2.05, 4.69) is 0 Å². The largest absolute Gasteiger partial charge is 0.339 e. The third kappa shape index (κ3) is 4.61. The number of carbonyl (C=O) groups is 2. The lowest BCUT2D eigenvalue weighted by Crippen LogP contribution is -2.53. The zero-order chi connectivity index (χ0) is 19.4. The van der Waals surface area contributed by atoms with E-state index in [0.29, 0.717) is 37.4 Å². The highest BCUT2D eigenvalue weighted by Gasteiger charge is 2.26. The van der Waals surface area contributed by atoms with Crippen LogP contribution in [0.15, 0.2) is 48.5 Å². The Kier molecular flexibility index (Phi) is 5.69. The third-order valence-electron chi connectivity index (χ3n) is 4.63. The molecule has 1 fully saturated rings. The van der Waals surface area contributed by atoms with Gasteiger partial charge in [0.05, 0.1) is 6.42 Å². The van der Waals surface area contributed by atoms with E-state index in [1.807, 2.05) is 0 Å². The van der Waals surface area contributed by atoms with Crippen LogP contribution in [0.25, 0.3) is 0 Å². The van der Waals surface area contributed by atoms with Crippen LogP contribution in [0.4, 0.5) is 19.3 Å². The zero-order valence-electron chi connectivity index (χ0n) is 15.1. The number of benzene rings is 2. The average Bonchev–Trinajstić information content (AvgIpc) is 2.67. The van der Waals surface area contributed by atoms with Crippen molar-refractivity contribution >= 4 is 17.6 Å². The molecule has 0 saturated carbocycles. The van der Waals surface area contributed by atoms with Gasteiger partial charge in [-0.05, 0) is 35.9 Å². The van der Waals surface area contributed by atoms with E-state index in [0.717, 1.165) is 0 Å². The summed E-state index contributed by atoms with van der Waals surface area (Å²) in [6.07, 6.45) is 0.134. The summed E-state index contributed by atoms with van der Waals surface area (Å²) < 4.78 is 26.6. The standard InChI is InChI=1S/C20H21F2N3O2/c1-23(18-7-3-6-17(22)14-18)20(27)25-10-8-24(9-11-25)19(26)13-15-4-2-5-16(21)12-15/h2-7,12,14H,8-11,13H2,1H3. The molecule has 1 heterocycles. The molecule has 0 unspecified atom stereocenters. The van der Waals surface area contributed by atoms with Crippen LogP contribution in [-0.2, 0) is 11.2 Å². The van der Waals surface area contributed by atoms with Gasteiger partial charge in [-0.25, -0.2) is 13.6 Å². The first kappa shape index (κ1) is 18.8. The number of rotatable bonds is 3.